The maximum Gasteiger partial charge on any atom is 0.335 e. The summed E-state index contributed by atoms with van der Waals surface area (Å²) in [7, 11) is 0. The molecule has 1 rings (SSSR count). The van der Waals surface area contributed by atoms with E-state index in [4.69, 9.17) is 10.2 Å². The molecule has 14 heavy (non-hydrogen) atoms. The van der Waals surface area contributed by atoms with E-state index in [0.29, 0.717) is 0 Å². The summed E-state index contributed by atoms with van der Waals surface area (Å²) < 4.78 is 4.68. The molecule has 0 amide bonds. The van der Waals surface area contributed by atoms with Gasteiger partial charge in [-0.1, -0.05) is 0 Å². The van der Waals surface area contributed by atoms with Crippen molar-refractivity contribution in [1.82, 2.24) is 0 Å². The molecule has 0 bridgehead atoms. The molecular formula is C7H12O7. The Bertz CT molecular complexity index is 216. The first kappa shape index (κ1) is 11.3. The molecular weight excluding hydrogens is 196 g/mol. The number of carboxylic acid groups (broad SMARTS) is 1. The van der Waals surface area contributed by atoms with E-state index in [2.05, 4.69) is 4.74 Å². The molecule has 5 atom stereocenters. The van der Waals surface area contributed by atoms with Crippen LogP contribution in [0.4, 0.5) is 0 Å². The van der Waals surface area contributed by atoms with Crippen LogP contribution in [0.25, 0.3) is 0 Å². The normalized spacial score (nSPS) is 43.6. The summed E-state index contributed by atoms with van der Waals surface area (Å²) in [5, 5.41) is 44.9. The van der Waals surface area contributed by atoms with Crippen LogP contribution < -0.4 is 0 Å². The lowest BCUT2D eigenvalue weighted by Crippen LogP contribution is -2.60. The van der Waals surface area contributed by atoms with Crippen LogP contribution >= 0.6 is 0 Å². The van der Waals surface area contributed by atoms with Crippen molar-refractivity contribution in [3.05, 3.63) is 0 Å². The van der Waals surface area contributed by atoms with Gasteiger partial charge in [-0.15, -0.1) is 0 Å². The van der Waals surface area contributed by atoms with E-state index in [0.717, 1.165) is 0 Å². The number of rotatable bonds is 2. The van der Waals surface area contributed by atoms with Crippen LogP contribution in [-0.4, -0.2) is 68.6 Å². The third kappa shape index (κ3) is 1.86. The van der Waals surface area contributed by atoms with Gasteiger partial charge in [0.05, 0.1) is 6.61 Å². The Morgan fingerprint density at radius 2 is 1.71 bits per heavy atom. The fourth-order valence-corrected chi connectivity index (χ4v) is 1.31. The summed E-state index contributed by atoms with van der Waals surface area (Å²) >= 11 is 0. The molecule has 1 saturated heterocycles. The van der Waals surface area contributed by atoms with Crippen molar-refractivity contribution in [2.75, 3.05) is 6.61 Å². The van der Waals surface area contributed by atoms with Gasteiger partial charge in [-0.25, -0.2) is 4.79 Å². The molecule has 1 heterocycles. The Morgan fingerprint density at radius 3 is 2.14 bits per heavy atom. The number of ether oxygens (including phenoxy) is 1. The Hall–Kier alpha value is -0.730. The molecule has 7 heteroatoms. The zero-order chi connectivity index (χ0) is 10.9. The predicted octanol–water partition coefficient (Wildman–Crippen LogP) is -3.09. The highest BCUT2D eigenvalue weighted by Gasteiger charge is 2.46. The van der Waals surface area contributed by atoms with Crippen LogP contribution in [0.2, 0.25) is 0 Å². The topological polar surface area (TPSA) is 127 Å². The van der Waals surface area contributed by atoms with Crippen molar-refractivity contribution in [3.8, 4) is 0 Å². The summed E-state index contributed by atoms with van der Waals surface area (Å²) in [6.45, 7) is -0.630. The number of aliphatic hydroxyl groups excluding tert-OH is 4. The fourth-order valence-electron chi connectivity index (χ4n) is 1.31. The molecule has 0 aliphatic carbocycles. The molecule has 0 unspecified atom stereocenters. The van der Waals surface area contributed by atoms with E-state index in [-0.39, 0.29) is 0 Å². The van der Waals surface area contributed by atoms with Gasteiger partial charge in [0.2, 0.25) is 0 Å². The van der Waals surface area contributed by atoms with Gasteiger partial charge in [0, 0.05) is 0 Å². The lowest BCUT2D eigenvalue weighted by Gasteiger charge is -2.38. The largest absolute Gasteiger partial charge is 0.479 e. The van der Waals surface area contributed by atoms with Crippen LogP contribution in [0.5, 0.6) is 0 Å². The second-order valence-electron chi connectivity index (χ2n) is 3.09. The number of aliphatic hydroxyl groups is 4. The van der Waals surface area contributed by atoms with Gasteiger partial charge in [0.25, 0.3) is 0 Å². The summed E-state index contributed by atoms with van der Waals surface area (Å²) in [5.41, 5.74) is 0. The van der Waals surface area contributed by atoms with Crippen molar-refractivity contribution in [2.24, 2.45) is 0 Å². The number of hydrogen-bond donors (Lipinski definition) is 5. The zero-order valence-electron chi connectivity index (χ0n) is 7.15. The van der Waals surface area contributed by atoms with E-state index in [1.54, 1.807) is 0 Å². The maximum absolute atomic E-state index is 10.5. The van der Waals surface area contributed by atoms with E-state index < -0.39 is 43.1 Å². The van der Waals surface area contributed by atoms with Gasteiger partial charge in [0.1, 0.15) is 24.4 Å². The van der Waals surface area contributed by atoms with Gasteiger partial charge < -0.3 is 30.3 Å². The summed E-state index contributed by atoms with van der Waals surface area (Å²) in [4.78, 5) is 10.5. The van der Waals surface area contributed by atoms with E-state index in [1.165, 1.54) is 0 Å². The first-order valence-electron chi connectivity index (χ1n) is 4.02. The molecule has 82 valence electrons. The molecule has 1 aliphatic rings. The summed E-state index contributed by atoms with van der Waals surface area (Å²) in [6, 6.07) is 0. The molecule has 7 nitrogen and oxygen atoms in total. The summed E-state index contributed by atoms with van der Waals surface area (Å²) in [5.74, 6) is -1.46. The molecule has 0 spiro atoms. The molecule has 0 aromatic rings. The van der Waals surface area contributed by atoms with Crippen LogP contribution in [0.1, 0.15) is 0 Å². The minimum absolute atomic E-state index is 0.630. The van der Waals surface area contributed by atoms with Crippen LogP contribution in [0, 0.1) is 0 Å². The van der Waals surface area contributed by atoms with Gasteiger partial charge in [-0.05, 0) is 0 Å². The van der Waals surface area contributed by atoms with Crippen LogP contribution in [0.3, 0.4) is 0 Å². The monoisotopic (exact) mass is 208 g/mol. The Labute approximate surface area is 79.2 Å². The Balaban J connectivity index is 2.78. The van der Waals surface area contributed by atoms with Crippen molar-refractivity contribution in [2.45, 2.75) is 30.5 Å². The molecule has 5 N–H and O–H groups in total. The maximum atomic E-state index is 10.5. The number of carboxylic acids is 1. The average Bonchev–Trinajstić information content (AvgIpc) is 2.14. The fraction of sp³-hybridized carbons (Fsp3) is 0.857. The molecule has 0 radical (unpaired) electrons. The van der Waals surface area contributed by atoms with Gasteiger partial charge >= 0.3 is 5.97 Å². The second-order valence-corrected chi connectivity index (χ2v) is 3.09. The van der Waals surface area contributed by atoms with Crippen LogP contribution in [0.15, 0.2) is 0 Å². The Morgan fingerprint density at radius 1 is 1.14 bits per heavy atom. The minimum Gasteiger partial charge on any atom is -0.479 e. The highest BCUT2D eigenvalue weighted by molar-refractivity contribution is 5.73. The first-order chi connectivity index (χ1) is 6.49. The highest BCUT2D eigenvalue weighted by atomic mass is 16.6. The number of carbonyl (C=O) groups is 1. The standard InChI is InChI=1S/C7H12O7/c8-1-2-3(9)4(10)5(11)6(14-2)7(12)13/h2-6,8-11H,1H2,(H,12,13)/t2-,3+,4+,5-,6+/m1/s1. The summed E-state index contributed by atoms with van der Waals surface area (Å²) in [6.07, 6.45) is -7.67. The minimum atomic E-state index is -1.70. The predicted molar refractivity (Wildman–Crippen MR) is 41.4 cm³/mol. The smallest absolute Gasteiger partial charge is 0.335 e. The zero-order valence-corrected chi connectivity index (χ0v) is 7.15. The SMILES string of the molecule is O=C(O)[C@H]1O[C@H](CO)[C@H](O)[C@H](O)[C@H]1O. The van der Waals surface area contributed by atoms with Crippen molar-refractivity contribution in [1.29, 1.82) is 0 Å². The molecule has 0 saturated carbocycles. The highest BCUT2D eigenvalue weighted by Crippen LogP contribution is 2.20. The first-order valence-corrected chi connectivity index (χ1v) is 4.02. The quantitative estimate of drug-likeness (QED) is 0.325. The van der Waals surface area contributed by atoms with Crippen molar-refractivity contribution < 1.29 is 35.1 Å². The second kappa shape index (κ2) is 4.20. The molecule has 0 aromatic heterocycles. The molecule has 1 fully saturated rings. The van der Waals surface area contributed by atoms with Gasteiger partial charge in [-0.3, -0.25) is 0 Å². The van der Waals surface area contributed by atoms with Crippen LogP contribution in [-0.2, 0) is 9.53 Å². The van der Waals surface area contributed by atoms with E-state index in [1.807, 2.05) is 0 Å². The lowest BCUT2D eigenvalue weighted by atomic mass is 9.95. The van der Waals surface area contributed by atoms with E-state index in [9.17, 15) is 20.1 Å². The van der Waals surface area contributed by atoms with Gasteiger partial charge in [-0.2, -0.15) is 0 Å². The lowest BCUT2D eigenvalue weighted by molar-refractivity contribution is -0.233. The number of hydrogen-bond acceptors (Lipinski definition) is 6. The van der Waals surface area contributed by atoms with Crippen molar-refractivity contribution in [3.63, 3.8) is 0 Å². The average molecular weight is 208 g/mol. The third-order valence-corrected chi connectivity index (χ3v) is 2.14. The van der Waals surface area contributed by atoms with Gasteiger partial charge in [0.15, 0.2) is 6.10 Å². The molecule has 1 aliphatic heterocycles. The number of aliphatic carboxylic acids is 1. The third-order valence-electron chi connectivity index (χ3n) is 2.14. The Kier molecular flexibility index (Phi) is 3.40. The van der Waals surface area contributed by atoms with E-state index >= 15 is 0 Å². The van der Waals surface area contributed by atoms with Crippen molar-refractivity contribution >= 4 is 5.97 Å². The molecule has 0 aromatic carbocycles.